The normalized spacial score (nSPS) is 23.6. The van der Waals surface area contributed by atoms with Gasteiger partial charge in [0.1, 0.15) is 5.75 Å². The first kappa shape index (κ1) is 19.1. The van der Waals surface area contributed by atoms with E-state index in [2.05, 4.69) is 30.7 Å². The van der Waals surface area contributed by atoms with Gasteiger partial charge in [-0.2, -0.15) is 0 Å². The smallest absolute Gasteiger partial charge is 0.150 e. The van der Waals surface area contributed by atoms with Gasteiger partial charge in [0.15, 0.2) is 5.82 Å². The molecule has 1 heterocycles. The molecule has 0 amide bonds. The van der Waals surface area contributed by atoms with E-state index in [1.54, 1.807) is 13.1 Å². The summed E-state index contributed by atoms with van der Waals surface area (Å²) in [6, 6.07) is 5.88. The van der Waals surface area contributed by atoms with Crippen molar-refractivity contribution in [1.82, 2.24) is 9.97 Å². The van der Waals surface area contributed by atoms with Gasteiger partial charge in [0.05, 0.1) is 23.8 Å². The van der Waals surface area contributed by atoms with E-state index in [0.717, 1.165) is 35.4 Å². The van der Waals surface area contributed by atoms with Gasteiger partial charge in [-0.3, -0.25) is 0 Å². The fourth-order valence-electron chi connectivity index (χ4n) is 3.67. The Bertz CT molecular complexity index is 759. The highest BCUT2D eigenvalue weighted by Gasteiger charge is 2.30. The Hall–Kier alpha value is -1.72. The molecule has 1 aliphatic rings. The molecule has 3 N–H and O–H groups in total. The van der Waals surface area contributed by atoms with Crippen molar-refractivity contribution in [1.29, 1.82) is 0 Å². The number of aliphatic hydroxyl groups is 1. The van der Waals surface area contributed by atoms with Crippen LogP contribution >= 0.6 is 0 Å². The number of nitrogens with two attached hydrogens (primary N) is 1. The maximum atomic E-state index is 9.39. The van der Waals surface area contributed by atoms with Crippen molar-refractivity contribution in [3.63, 3.8) is 0 Å². The summed E-state index contributed by atoms with van der Waals surface area (Å²) in [4.78, 5) is 8.81. The van der Waals surface area contributed by atoms with E-state index in [1.807, 2.05) is 18.2 Å². The molecule has 142 valence electrons. The maximum Gasteiger partial charge on any atom is 0.150 e. The van der Waals surface area contributed by atoms with E-state index >= 15 is 0 Å². The molecule has 5 heteroatoms. The first-order valence-electron chi connectivity index (χ1n) is 9.53. The van der Waals surface area contributed by atoms with Crippen molar-refractivity contribution in [2.45, 2.75) is 65.0 Å². The summed E-state index contributed by atoms with van der Waals surface area (Å²) in [5.41, 5.74) is 6.28. The predicted molar refractivity (Wildman–Crippen MR) is 104 cm³/mol. The van der Waals surface area contributed by atoms with Gasteiger partial charge in [0.2, 0.25) is 0 Å². The predicted octanol–water partition coefficient (Wildman–Crippen LogP) is 3.78. The lowest BCUT2D eigenvalue weighted by Gasteiger charge is -2.36. The van der Waals surface area contributed by atoms with Crippen molar-refractivity contribution in [2.75, 3.05) is 6.61 Å². The van der Waals surface area contributed by atoms with Crippen LogP contribution in [-0.2, 0) is 5.54 Å². The Labute approximate surface area is 156 Å². The van der Waals surface area contributed by atoms with Crippen LogP contribution in [0.5, 0.6) is 5.75 Å². The lowest BCUT2D eigenvalue weighted by molar-refractivity contribution is 0.0883. The Morgan fingerprint density at radius 1 is 1.15 bits per heavy atom. The fraction of sp³-hybridized carbons (Fsp3) is 0.619. The summed E-state index contributed by atoms with van der Waals surface area (Å²) < 4.78 is 6.22. The van der Waals surface area contributed by atoms with Crippen LogP contribution in [0.25, 0.3) is 10.9 Å². The summed E-state index contributed by atoms with van der Waals surface area (Å²) in [7, 11) is 0. The Morgan fingerprint density at radius 3 is 2.46 bits per heavy atom. The van der Waals surface area contributed by atoms with Crippen molar-refractivity contribution < 1.29 is 9.84 Å². The molecule has 26 heavy (non-hydrogen) atoms. The topological polar surface area (TPSA) is 81.3 Å². The van der Waals surface area contributed by atoms with Crippen molar-refractivity contribution in [3.8, 4) is 5.75 Å². The highest BCUT2D eigenvalue weighted by molar-refractivity contribution is 5.79. The SMILES string of the molecule is CC(C)(C)C1CCC(Oc2ccc3nc([C@@](C)(N)CO)ncc3c2)CC1. The zero-order valence-electron chi connectivity index (χ0n) is 16.3. The monoisotopic (exact) mass is 357 g/mol. The summed E-state index contributed by atoms with van der Waals surface area (Å²) >= 11 is 0. The largest absolute Gasteiger partial charge is 0.490 e. The molecule has 0 bridgehead atoms. The number of aromatic nitrogens is 2. The molecule has 1 aliphatic carbocycles. The minimum atomic E-state index is -0.935. The van der Waals surface area contributed by atoms with Crippen molar-refractivity contribution in [3.05, 3.63) is 30.2 Å². The molecule has 5 nitrogen and oxygen atoms in total. The average molecular weight is 357 g/mol. The minimum Gasteiger partial charge on any atom is -0.490 e. The Balaban J connectivity index is 1.69. The summed E-state index contributed by atoms with van der Waals surface area (Å²) in [6.45, 7) is 8.52. The second-order valence-electron chi connectivity index (χ2n) is 8.95. The van der Waals surface area contributed by atoms with Gasteiger partial charge < -0.3 is 15.6 Å². The quantitative estimate of drug-likeness (QED) is 0.870. The Kier molecular flexibility index (Phi) is 5.22. The molecule has 1 aromatic carbocycles. The zero-order chi connectivity index (χ0) is 18.9. The molecular formula is C21H31N3O2. The molecule has 1 atom stereocenters. The molecule has 1 aromatic heterocycles. The number of hydrogen-bond acceptors (Lipinski definition) is 5. The number of benzene rings is 1. The minimum absolute atomic E-state index is 0.197. The van der Waals surface area contributed by atoms with E-state index in [4.69, 9.17) is 10.5 Å². The van der Waals surface area contributed by atoms with Gasteiger partial charge >= 0.3 is 0 Å². The van der Waals surface area contributed by atoms with E-state index in [9.17, 15) is 5.11 Å². The van der Waals surface area contributed by atoms with Gasteiger partial charge in [0.25, 0.3) is 0 Å². The number of rotatable bonds is 4. The van der Waals surface area contributed by atoms with E-state index in [0.29, 0.717) is 11.2 Å². The zero-order valence-corrected chi connectivity index (χ0v) is 16.3. The molecular weight excluding hydrogens is 326 g/mol. The number of ether oxygens (including phenoxy) is 1. The van der Waals surface area contributed by atoms with Crippen molar-refractivity contribution in [2.24, 2.45) is 17.1 Å². The lowest BCUT2D eigenvalue weighted by atomic mass is 9.72. The lowest BCUT2D eigenvalue weighted by Crippen LogP contribution is -2.38. The van der Waals surface area contributed by atoms with Crippen LogP contribution in [0.4, 0.5) is 0 Å². The average Bonchev–Trinajstić information content (AvgIpc) is 2.61. The van der Waals surface area contributed by atoms with Crippen LogP contribution < -0.4 is 10.5 Å². The van der Waals surface area contributed by atoms with Crippen molar-refractivity contribution >= 4 is 10.9 Å². The number of nitrogens with zero attached hydrogens (tertiary/aromatic N) is 2. The van der Waals surface area contributed by atoms with Crippen LogP contribution in [0.2, 0.25) is 0 Å². The van der Waals surface area contributed by atoms with Gasteiger partial charge in [-0.1, -0.05) is 20.8 Å². The van der Waals surface area contributed by atoms with Gasteiger partial charge in [-0.15, -0.1) is 0 Å². The third kappa shape index (κ3) is 4.15. The second kappa shape index (κ2) is 7.12. The summed E-state index contributed by atoms with van der Waals surface area (Å²) in [5, 5.41) is 10.3. The molecule has 0 spiro atoms. The highest BCUT2D eigenvalue weighted by atomic mass is 16.5. The van der Waals surface area contributed by atoms with E-state index < -0.39 is 5.54 Å². The van der Waals surface area contributed by atoms with Crippen LogP contribution in [0.15, 0.2) is 24.4 Å². The van der Waals surface area contributed by atoms with E-state index in [-0.39, 0.29) is 12.7 Å². The van der Waals surface area contributed by atoms with Gasteiger partial charge in [-0.25, -0.2) is 9.97 Å². The molecule has 2 aromatic rings. The third-order valence-corrected chi connectivity index (χ3v) is 5.59. The highest BCUT2D eigenvalue weighted by Crippen LogP contribution is 2.38. The number of fused-ring (bicyclic) bond motifs is 1. The molecule has 0 saturated heterocycles. The third-order valence-electron chi connectivity index (χ3n) is 5.59. The first-order valence-corrected chi connectivity index (χ1v) is 9.53. The summed E-state index contributed by atoms with van der Waals surface area (Å²) in [5.74, 6) is 2.09. The first-order chi connectivity index (χ1) is 12.2. The van der Waals surface area contributed by atoms with Crippen LogP contribution in [0.3, 0.4) is 0 Å². The molecule has 0 aliphatic heterocycles. The summed E-state index contributed by atoms with van der Waals surface area (Å²) in [6.07, 6.45) is 6.71. The standard InChI is InChI=1S/C21H31N3O2/c1-20(2,3)15-5-7-16(8-6-15)26-17-9-10-18-14(11-17)12-23-19(24-18)21(4,22)13-25/h9-12,15-16,25H,5-8,13,22H2,1-4H3/t15?,16?,21-/m0/s1. The fourth-order valence-corrected chi connectivity index (χ4v) is 3.67. The molecule has 1 fully saturated rings. The molecule has 0 unspecified atom stereocenters. The molecule has 0 radical (unpaired) electrons. The van der Waals surface area contributed by atoms with Crippen LogP contribution in [0, 0.1) is 11.3 Å². The molecule has 3 rings (SSSR count). The van der Waals surface area contributed by atoms with Crippen LogP contribution in [-0.4, -0.2) is 27.8 Å². The van der Waals surface area contributed by atoms with E-state index in [1.165, 1.54) is 12.8 Å². The number of aliphatic hydroxyl groups excluding tert-OH is 1. The second-order valence-corrected chi connectivity index (χ2v) is 8.95. The van der Waals surface area contributed by atoms with Crippen LogP contribution in [0.1, 0.15) is 59.2 Å². The van der Waals surface area contributed by atoms with Gasteiger partial charge in [-0.05, 0) is 62.1 Å². The van der Waals surface area contributed by atoms with Gasteiger partial charge in [0, 0.05) is 11.6 Å². The maximum absolute atomic E-state index is 9.39. The molecule has 1 saturated carbocycles. The number of hydrogen-bond donors (Lipinski definition) is 2. The Morgan fingerprint density at radius 2 is 1.85 bits per heavy atom.